The molecule has 1 aliphatic rings. The van der Waals surface area contributed by atoms with Gasteiger partial charge >= 0.3 is 0 Å². The number of nitrogens with one attached hydrogen (secondary N) is 1. The molecule has 0 atom stereocenters. The number of carbonyl (C=O) groups is 2. The molecule has 1 aliphatic heterocycles. The maximum atomic E-state index is 12.9. The van der Waals surface area contributed by atoms with Crippen LogP contribution >= 0.6 is 11.8 Å². The van der Waals surface area contributed by atoms with Crippen molar-refractivity contribution in [3.05, 3.63) is 77.7 Å². The molecule has 0 fully saturated rings. The molecule has 0 saturated carbocycles. The van der Waals surface area contributed by atoms with Crippen LogP contribution in [0.1, 0.15) is 33.2 Å². The molecule has 2 amide bonds. The molecule has 0 saturated heterocycles. The Balaban J connectivity index is 1.63. The zero-order valence-electron chi connectivity index (χ0n) is 15.3. The van der Waals surface area contributed by atoms with Crippen LogP contribution in [0.2, 0.25) is 0 Å². The summed E-state index contributed by atoms with van der Waals surface area (Å²) in [6, 6.07) is 12.7. The first-order valence-electron chi connectivity index (χ1n) is 8.93. The fourth-order valence-electron chi connectivity index (χ4n) is 3.06. The van der Waals surface area contributed by atoms with Crippen LogP contribution in [0.5, 0.6) is 0 Å². The lowest BCUT2D eigenvalue weighted by atomic mass is 10.1. The number of hydrogen-bond acceptors (Lipinski definition) is 5. The minimum absolute atomic E-state index is 0.0781. The smallest absolute Gasteiger partial charge is 0.261 e. The maximum absolute atomic E-state index is 12.9. The van der Waals surface area contributed by atoms with Crippen LogP contribution in [0.15, 0.2) is 71.0 Å². The Morgan fingerprint density at radius 3 is 2.82 bits per heavy atom. The molecule has 1 aromatic carbocycles. The number of fused-ring (bicyclic) bond motifs is 2. The van der Waals surface area contributed by atoms with Gasteiger partial charge in [0.05, 0.1) is 11.3 Å². The Kier molecular flexibility index (Phi) is 5.08. The van der Waals surface area contributed by atoms with E-state index >= 15 is 0 Å². The number of nitrogens with zero attached hydrogens (tertiary/aromatic N) is 3. The van der Waals surface area contributed by atoms with E-state index in [1.807, 2.05) is 31.2 Å². The van der Waals surface area contributed by atoms with E-state index in [0.717, 1.165) is 16.1 Å². The Morgan fingerprint density at radius 2 is 2.04 bits per heavy atom. The molecule has 3 heterocycles. The van der Waals surface area contributed by atoms with Gasteiger partial charge in [0.25, 0.3) is 11.8 Å². The van der Waals surface area contributed by atoms with E-state index in [0.29, 0.717) is 29.2 Å². The van der Waals surface area contributed by atoms with E-state index in [1.54, 1.807) is 41.7 Å². The molecule has 0 spiro atoms. The standard InChI is InChI=1S/C21H18N4O2S/c1-2-25-17-8-7-15(19(26)24-13-14-5-3-9-22-12-14)11-18(17)28-20-16(21(25)27)6-4-10-23-20/h3-12H,2,13H2,1H3,(H,24,26). The second kappa shape index (κ2) is 7.82. The predicted molar refractivity (Wildman–Crippen MR) is 108 cm³/mol. The highest BCUT2D eigenvalue weighted by Gasteiger charge is 2.27. The Hall–Kier alpha value is -3.19. The summed E-state index contributed by atoms with van der Waals surface area (Å²) in [5, 5.41) is 3.56. The summed E-state index contributed by atoms with van der Waals surface area (Å²) in [5.74, 6) is -0.252. The van der Waals surface area contributed by atoms with Gasteiger partial charge in [-0.1, -0.05) is 17.8 Å². The molecule has 6 nitrogen and oxygen atoms in total. The number of aromatic nitrogens is 2. The van der Waals surface area contributed by atoms with E-state index < -0.39 is 0 Å². The number of hydrogen-bond donors (Lipinski definition) is 1. The van der Waals surface area contributed by atoms with E-state index in [4.69, 9.17) is 0 Å². The van der Waals surface area contributed by atoms with Crippen LogP contribution in [0, 0.1) is 0 Å². The highest BCUT2D eigenvalue weighted by Crippen LogP contribution is 2.40. The fraction of sp³-hybridized carbons (Fsp3) is 0.143. The molecule has 1 N–H and O–H groups in total. The van der Waals surface area contributed by atoms with Crippen molar-refractivity contribution in [2.75, 3.05) is 11.4 Å². The van der Waals surface area contributed by atoms with Gasteiger partial charge in [0.2, 0.25) is 0 Å². The highest BCUT2D eigenvalue weighted by molar-refractivity contribution is 7.99. The van der Waals surface area contributed by atoms with Gasteiger partial charge in [-0.15, -0.1) is 0 Å². The monoisotopic (exact) mass is 390 g/mol. The highest BCUT2D eigenvalue weighted by atomic mass is 32.2. The van der Waals surface area contributed by atoms with Crippen LogP contribution in [0.4, 0.5) is 5.69 Å². The number of pyridine rings is 2. The van der Waals surface area contributed by atoms with Crippen LogP contribution in [-0.4, -0.2) is 28.3 Å². The first-order chi connectivity index (χ1) is 13.7. The molecule has 0 radical (unpaired) electrons. The second-order valence-corrected chi connectivity index (χ2v) is 7.26. The molecule has 28 heavy (non-hydrogen) atoms. The summed E-state index contributed by atoms with van der Waals surface area (Å²) < 4.78 is 0. The maximum Gasteiger partial charge on any atom is 0.261 e. The van der Waals surface area contributed by atoms with Crippen LogP contribution in [-0.2, 0) is 6.54 Å². The largest absolute Gasteiger partial charge is 0.348 e. The first-order valence-corrected chi connectivity index (χ1v) is 9.75. The molecule has 140 valence electrons. The summed E-state index contributed by atoms with van der Waals surface area (Å²) >= 11 is 1.41. The Morgan fingerprint density at radius 1 is 1.18 bits per heavy atom. The third kappa shape index (κ3) is 3.48. The molecule has 0 bridgehead atoms. The van der Waals surface area contributed by atoms with Crippen molar-refractivity contribution in [1.82, 2.24) is 15.3 Å². The van der Waals surface area contributed by atoms with Crippen molar-refractivity contribution in [2.45, 2.75) is 23.4 Å². The number of carbonyl (C=O) groups excluding carboxylic acids is 2. The lowest BCUT2D eigenvalue weighted by Crippen LogP contribution is -2.30. The number of amides is 2. The van der Waals surface area contributed by atoms with Crippen LogP contribution in [0.3, 0.4) is 0 Å². The molecule has 0 unspecified atom stereocenters. The SMILES string of the molecule is CCN1C(=O)c2cccnc2Sc2cc(C(=O)NCc3cccnc3)ccc21. The quantitative estimate of drug-likeness (QED) is 0.738. The Labute approximate surface area is 167 Å². The minimum atomic E-state index is -0.174. The van der Waals surface area contributed by atoms with Crippen molar-refractivity contribution in [1.29, 1.82) is 0 Å². The lowest BCUT2D eigenvalue weighted by Gasteiger charge is -2.21. The molecular formula is C21H18N4O2S. The van der Waals surface area contributed by atoms with Crippen LogP contribution < -0.4 is 10.2 Å². The topological polar surface area (TPSA) is 75.2 Å². The third-order valence-electron chi connectivity index (χ3n) is 4.46. The summed E-state index contributed by atoms with van der Waals surface area (Å²) in [6.07, 6.45) is 5.09. The van der Waals surface area contributed by atoms with Crippen molar-refractivity contribution >= 4 is 29.3 Å². The second-order valence-electron chi connectivity index (χ2n) is 6.23. The summed E-state index contributed by atoms with van der Waals surface area (Å²) in [4.78, 5) is 36.5. The van der Waals surface area contributed by atoms with Gasteiger partial charge in [-0.3, -0.25) is 14.6 Å². The van der Waals surface area contributed by atoms with Crippen molar-refractivity contribution < 1.29 is 9.59 Å². The molecular weight excluding hydrogens is 372 g/mol. The number of benzene rings is 1. The van der Waals surface area contributed by atoms with Crippen molar-refractivity contribution in [3.63, 3.8) is 0 Å². The molecule has 7 heteroatoms. The van der Waals surface area contributed by atoms with E-state index in [9.17, 15) is 9.59 Å². The zero-order valence-corrected chi connectivity index (χ0v) is 16.1. The molecule has 4 rings (SSSR count). The summed E-state index contributed by atoms with van der Waals surface area (Å²) in [6.45, 7) is 2.87. The van der Waals surface area contributed by atoms with Gasteiger partial charge < -0.3 is 10.2 Å². The number of rotatable bonds is 4. The lowest BCUT2D eigenvalue weighted by molar-refractivity contribution is 0.0949. The van der Waals surface area contributed by atoms with Gasteiger partial charge in [0.1, 0.15) is 5.03 Å². The van der Waals surface area contributed by atoms with Gasteiger partial charge in [0, 0.05) is 42.1 Å². The summed E-state index contributed by atoms with van der Waals surface area (Å²) in [5.41, 5.74) is 2.84. The van der Waals surface area contributed by atoms with Crippen molar-refractivity contribution in [3.8, 4) is 0 Å². The normalized spacial score (nSPS) is 12.8. The first kappa shape index (κ1) is 18.2. The van der Waals surface area contributed by atoms with E-state index in [1.165, 1.54) is 11.8 Å². The van der Waals surface area contributed by atoms with Gasteiger partial charge in [-0.2, -0.15) is 0 Å². The van der Waals surface area contributed by atoms with Gasteiger partial charge in [-0.25, -0.2) is 4.98 Å². The van der Waals surface area contributed by atoms with Gasteiger partial charge in [0.15, 0.2) is 0 Å². The van der Waals surface area contributed by atoms with Crippen molar-refractivity contribution in [2.24, 2.45) is 0 Å². The Bertz CT molecular complexity index is 1040. The van der Waals surface area contributed by atoms with Gasteiger partial charge in [-0.05, 0) is 48.9 Å². The predicted octanol–water partition coefficient (Wildman–Crippen LogP) is 3.54. The van der Waals surface area contributed by atoms with Crippen LogP contribution in [0.25, 0.3) is 0 Å². The third-order valence-corrected chi connectivity index (χ3v) is 5.52. The minimum Gasteiger partial charge on any atom is -0.348 e. The molecule has 0 aliphatic carbocycles. The average molecular weight is 390 g/mol. The average Bonchev–Trinajstić information content (AvgIpc) is 2.86. The molecule has 2 aromatic heterocycles. The van der Waals surface area contributed by atoms with E-state index in [2.05, 4.69) is 15.3 Å². The zero-order chi connectivity index (χ0) is 19.5. The van der Waals surface area contributed by atoms with E-state index in [-0.39, 0.29) is 11.8 Å². The summed E-state index contributed by atoms with van der Waals surface area (Å²) in [7, 11) is 0. The number of anilines is 1. The fourth-order valence-corrected chi connectivity index (χ4v) is 4.11. The molecule has 3 aromatic rings.